The topological polar surface area (TPSA) is 50.4 Å². The van der Waals surface area contributed by atoms with E-state index in [0.29, 0.717) is 31.5 Å². The fourth-order valence-electron chi connectivity index (χ4n) is 1.82. The number of urea groups is 1. The third-order valence-electron chi connectivity index (χ3n) is 3.21. The van der Waals surface area contributed by atoms with E-state index in [-0.39, 0.29) is 6.03 Å². The van der Waals surface area contributed by atoms with Crippen molar-refractivity contribution >= 4 is 6.03 Å². The summed E-state index contributed by atoms with van der Waals surface area (Å²) in [5.74, 6) is 1.96. The van der Waals surface area contributed by atoms with Crippen LogP contribution in [0.2, 0.25) is 0 Å². The van der Waals surface area contributed by atoms with E-state index >= 15 is 0 Å². The van der Waals surface area contributed by atoms with E-state index in [4.69, 9.17) is 4.74 Å². The highest BCUT2D eigenvalue weighted by Gasteiger charge is 2.01. The van der Waals surface area contributed by atoms with E-state index in [1.54, 1.807) is 0 Å². The van der Waals surface area contributed by atoms with Crippen LogP contribution in [0.25, 0.3) is 0 Å². The first-order valence-corrected chi connectivity index (χ1v) is 7.73. The Bertz CT molecular complexity index is 413. The molecule has 118 valence electrons. The van der Waals surface area contributed by atoms with Gasteiger partial charge in [0, 0.05) is 6.54 Å². The van der Waals surface area contributed by atoms with Gasteiger partial charge < -0.3 is 15.4 Å². The molecular formula is C17H28N2O2. The van der Waals surface area contributed by atoms with E-state index < -0.39 is 0 Å². The molecule has 1 rings (SSSR count). The van der Waals surface area contributed by atoms with Crippen molar-refractivity contribution in [3.8, 4) is 5.75 Å². The lowest BCUT2D eigenvalue weighted by Crippen LogP contribution is -2.38. The van der Waals surface area contributed by atoms with Gasteiger partial charge in [-0.15, -0.1) is 0 Å². The maximum atomic E-state index is 11.5. The Kier molecular flexibility index (Phi) is 7.65. The zero-order chi connectivity index (χ0) is 15.7. The molecule has 1 aromatic carbocycles. The van der Waals surface area contributed by atoms with Gasteiger partial charge in [0.25, 0.3) is 0 Å². The van der Waals surface area contributed by atoms with Crippen molar-refractivity contribution in [3.63, 3.8) is 0 Å². The van der Waals surface area contributed by atoms with Crippen molar-refractivity contribution in [2.45, 2.75) is 40.0 Å². The van der Waals surface area contributed by atoms with Crippen LogP contribution in [0.5, 0.6) is 5.75 Å². The third kappa shape index (κ3) is 7.59. The standard InChI is InChI=1S/C17H28N2O2/c1-13(2)9-10-18-17(20)19-11-12-21-16-7-5-15(6-8-16)14(3)4/h5-8,13-14H,9-12H2,1-4H3,(H2,18,19,20). The normalized spacial score (nSPS) is 10.8. The Balaban J connectivity index is 2.14. The van der Waals surface area contributed by atoms with Gasteiger partial charge in [-0.1, -0.05) is 39.8 Å². The molecule has 0 aromatic heterocycles. The van der Waals surface area contributed by atoms with Crippen LogP contribution in [-0.4, -0.2) is 25.7 Å². The van der Waals surface area contributed by atoms with Gasteiger partial charge in [0.15, 0.2) is 0 Å². The zero-order valence-electron chi connectivity index (χ0n) is 13.6. The number of hydrogen-bond donors (Lipinski definition) is 2. The van der Waals surface area contributed by atoms with Crippen LogP contribution in [0.3, 0.4) is 0 Å². The maximum absolute atomic E-state index is 11.5. The molecule has 1 aromatic rings. The predicted octanol–water partition coefficient (Wildman–Crippen LogP) is 3.53. The monoisotopic (exact) mass is 292 g/mol. The molecule has 0 heterocycles. The Labute approximate surface area is 128 Å². The second kappa shape index (κ2) is 9.27. The van der Waals surface area contributed by atoms with Crippen molar-refractivity contribution in [2.75, 3.05) is 19.7 Å². The summed E-state index contributed by atoms with van der Waals surface area (Å²) in [6, 6.07) is 7.96. The number of amides is 2. The van der Waals surface area contributed by atoms with E-state index in [2.05, 4.69) is 50.5 Å². The van der Waals surface area contributed by atoms with Gasteiger partial charge in [-0.2, -0.15) is 0 Å². The average molecular weight is 292 g/mol. The molecule has 0 fully saturated rings. The van der Waals surface area contributed by atoms with Crippen molar-refractivity contribution in [1.29, 1.82) is 0 Å². The third-order valence-corrected chi connectivity index (χ3v) is 3.21. The molecule has 0 spiro atoms. The number of carbonyl (C=O) groups is 1. The highest BCUT2D eigenvalue weighted by molar-refractivity contribution is 5.73. The first-order valence-electron chi connectivity index (χ1n) is 7.73. The molecule has 0 aliphatic heterocycles. The summed E-state index contributed by atoms with van der Waals surface area (Å²) >= 11 is 0. The van der Waals surface area contributed by atoms with Gasteiger partial charge in [0.1, 0.15) is 12.4 Å². The molecular weight excluding hydrogens is 264 g/mol. The Morgan fingerprint density at radius 3 is 2.24 bits per heavy atom. The summed E-state index contributed by atoms with van der Waals surface area (Å²) in [5, 5.41) is 5.61. The Morgan fingerprint density at radius 2 is 1.67 bits per heavy atom. The quantitative estimate of drug-likeness (QED) is 0.720. The lowest BCUT2D eigenvalue weighted by atomic mass is 10.0. The summed E-state index contributed by atoms with van der Waals surface area (Å²) < 4.78 is 5.59. The van der Waals surface area contributed by atoms with E-state index in [9.17, 15) is 4.79 Å². The summed E-state index contributed by atoms with van der Waals surface area (Å²) in [4.78, 5) is 11.5. The van der Waals surface area contributed by atoms with Gasteiger partial charge in [0.2, 0.25) is 0 Å². The fraction of sp³-hybridized carbons (Fsp3) is 0.588. The number of rotatable bonds is 8. The molecule has 0 atom stereocenters. The Morgan fingerprint density at radius 1 is 1.05 bits per heavy atom. The predicted molar refractivity (Wildman–Crippen MR) is 86.9 cm³/mol. The van der Waals surface area contributed by atoms with Crippen molar-refractivity contribution < 1.29 is 9.53 Å². The van der Waals surface area contributed by atoms with Crippen LogP contribution in [0, 0.1) is 5.92 Å². The summed E-state index contributed by atoms with van der Waals surface area (Å²) in [6.45, 7) is 10.3. The van der Waals surface area contributed by atoms with Crippen molar-refractivity contribution in [1.82, 2.24) is 10.6 Å². The zero-order valence-corrected chi connectivity index (χ0v) is 13.6. The lowest BCUT2D eigenvalue weighted by molar-refractivity contribution is 0.236. The van der Waals surface area contributed by atoms with Crippen LogP contribution in [-0.2, 0) is 0 Å². The molecule has 4 heteroatoms. The second-order valence-electron chi connectivity index (χ2n) is 5.94. The number of nitrogens with one attached hydrogen (secondary N) is 2. The highest BCUT2D eigenvalue weighted by atomic mass is 16.5. The average Bonchev–Trinajstić information content (AvgIpc) is 2.43. The summed E-state index contributed by atoms with van der Waals surface area (Å²) in [7, 11) is 0. The van der Waals surface area contributed by atoms with E-state index in [0.717, 1.165) is 12.2 Å². The van der Waals surface area contributed by atoms with Crippen LogP contribution in [0.4, 0.5) is 4.79 Å². The molecule has 0 aliphatic rings. The fourth-order valence-corrected chi connectivity index (χ4v) is 1.82. The van der Waals surface area contributed by atoms with Crippen LogP contribution in [0.15, 0.2) is 24.3 Å². The molecule has 21 heavy (non-hydrogen) atoms. The van der Waals surface area contributed by atoms with Crippen LogP contribution >= 0.6 is 0 Å². The Hall–Kier alpha value is -1.71. The lowest BCUT2D eigenvalue weighted by Gasteiger charge is -2.11. The second-order valence-corrected chi connectivity index (χ2v) is 5.94. The largest absolute Gasteiger partial charge is 0.492 e. The molecule has 2 N–H and O–H groups in total. The van der Waals surface area contributed by atoms with Crippen molar-refractivity contribution in [2.24, 2.45) is 5.92 Å². The van der Waals surface area contributed by atoms with Crippen LogP contribution in [0.1, 0.15) is 45.6 Å². The van der Waals surface area contributed by atoms with Crippen LogP contribution < -0.4 is 15.4 Å². The summed E-state index contributed by atoms with van der Waals surface area (Å²) in [6.07, 6.45) is 0.992. The smallest absolute Gasteiger partial charge is 0.314 e. The van der Waals surface area contributed by atoms with E-state index in [1.807, 2.05) is 12.1 Å². The molecule has 0 unspecified atom stereocenters. The molecule has 4 nitrogen and oxygen atoms in total. The first-order chi connectivity index (χ1) is 9.99. The van der Waals surface area contributed by atoms with Gasteiger partial charge >= 0.3 is 6.03 Å². The number of benzene rings is 1. The minimum absolute atomic E-state index is 0.130. The van der Waals surface area contributed by atoms with Gasteiger partial charge in [-0.05, 0) is 36.0 Å². The number of ether oxygens (including phenoxy) is 1. The number of carbonyl (C=O) groups excluding carboxylic acids is 1. The SMILES string of the molecule is CC(C)CCNC(=O)NCCOc1ccc(C(C)C)cc1. The first kappa shape index (κ1) is 17.3. The van der Waals surface area contributed by atoms with Crippen molar-refractivity contribution in [3.05, 3.63) is 29.8 Å². The molecule has 0 saturated carbocycles. The number of hydrogen-bond acceptors (Lipinski definition) is 2. The minimum atomic E-state index is -0.130. The minimum Gasteiger partial charge on any atom is -0.492 e. The molecule has 0 aliphatic carbocycles. The molecule has 0 radical (unpaired) electrons. The molecule has 0 bridgehead atoms. The van der Waals surface area contributed by atoms with Gasteiger partial charge in [0.05, 0.1) is 6.54 Å². The van der Waals surface area contributed by atoms with E-state index in [1.165, 1.54) is 5.56 Å². The summed E-state index contributed by atoms with van der Waals surface area (Å²) in [5.41, 5.74) is 1.30. The molecule has 2 amide bonds. The van der Waals surface area contributed by atoms with Gasteiger partial charge in [-0.25, -0.2) is 4.79 Å². The molecule has 0 saturated heterocycles. The van der Waals surface area contributed by atoms with Gasteiger partial charge in [-0.3, -0.25) is 0 Å². The highest BCUT2D eigenvalue weighted by Crippen LogP contribution is 2.18. The maximum Gasteiger partial charge on any atom is 0.314 e.